The summed E-state index contributed by atoms with van der Waals surface area (Å²) in [5, 5.41) is 3.63. The van der Waals surface area contributed by atoms with Crippen molar-refractivity contribution in [1.82, 2.24) is 10.2 Å². The zero-order valence-electron chi connectivity index (χ0n) is 22.9. The highest BCUT2D eigenvalue weighted by Gasteiger charge is 2.31. The first-order valence-electron chi connectivity index (χ1n) is 14.3. The second-order valence-corrected chi connectivity index (χ2v) is 12.3. The fourth-order valence-electron chi connectivity index (χ4n) is 6.30. The molecule has 0 bridgehead atoms. The number of hydrogen-bond donors (Lipinski definition) is 1. The Labute approximate surface area is 222 Å². The van der Waals surface area contributed by atoms with Gasteiger partial charge in [-0.05, 0) is 85.0 Å². The van der Waals surface area contributed by atoms with Crippen molar-refractivity contribution >= 4 is 0 Å². The maximum absolute atomic E-state index is 12.9. The molecule has 0 radical (unpaired) electrons. The van der Waals surface area contributed by atoms with Gasteiger partial charge in [0.25, 0.3) is 0 Å². The molecule has 1 aliphatic carbocycles. The topological polar surface area (TPSA) is 15.3 Å². The van der Waals surface area contributed by atoms with Crippen LogP contribution in [-0.2, 0) is 18.0 Å². The Morgan fingerprint density at radius 3 is 1.92 bits per heavy atom. The van der Waals surface area contributed by atoms with Gasteiger partial charge in [-0.25, -0.2) is 0 Å². The molecular weight excluding hydrogens is 469 g/mol. The fourth-order valence-corrected chi connectivity index (χ4v) is 6.30. The van der Waals surface area contributed by atoms with Crippen molar-refractivity contribution in [2.24, 2.45) is 11.8 Å². The molecular formula is C32H45F3N2. The van der Waals surface area contributed by atoms with E-state index in [1.165, 1.54) is 68.2 Å². The minimum Gasteiger partial charge on any atom is -0.314 e. The van der Waals surface area contributed by atoms with E-state index in [4.69, 9.17) is 0 Å². The highest BCUT2D eigenvalue weighted by atomic mass is 19.4. The van der Waals surface area contributed by atoms with E-state index in [9.17, 15) is 13.2 Å². The molecule has 4 rings (SSSR count). The Morgan fingerprint density at radius 1 is 0.784 bits per heavy atom. The fraction of sp³-hybridized carbons (Fsp3) is 0.625. The summed E-state index contributed by atoms with van der Waals surface area (Å²) in [7, 11) is 0. The molecule has 2 nitrogen and oxygen atoms in total. The van der Waals surface area contributed by atoms with Crippen LogP contribution in [0.15, 0.2) is 48.5 Å². The SMILES string of the molecule is CC(C)(C)c1ccc(C(CNCCc2ccc(C(F)(F)F)cc2)N2CCC(C3CCCCC3)CC2)cc1. The van der Waals surface area contributed by atoms with Gasteiger partial charge in [-0.2, -0.15) is 13.2 Å². The van der Waals surface area contributed by atoms with Gasteiger partial charge in [0.05, 0.1) is 5.56 Å². The van der Waals surface area contributed by atoms with Crippen molar-refractivity contribution in [1.29, 1.82) is 0 Å². The quantitative estimate of drug-likeness (QED) is 0.358. The first kappa shape index (κ1) is 28.2. The third-order valence-corrected chi connectivity index (χ3v) is 8.70. The summed E-state index contributed by atoms with van der Waals surface area (Å²) in [4.78, 5) is 2.66. The predicted octanol–water partition coefficient (Wildman–Crippen LogP) is 8.17. The smallest absolute Gasteiger partial charge is 0.314 e. The molecule has 2 fully saturated rings. The van der Waals surface area contributed by atoms with Gasteiger partial charge in [0.2, 0.25) is 0 Å². The first-order valence-corrected chi connectivity index (χ1v) is 14.3. The standard InChI is InChI=1S/C32H45F3N2/c1-31(2,3)28-15-11-27(12-16-28)30(37-21-18-26(19-22-37)25-7-5-4-6-8-25)23-36-20-17-24-9-13-29(14-10-24)32(33,34)35/h9-16,25-26,30,36H,4-8,17-23H2,1-3H3. The van der Waals surface area contributed by atoms with E-state index in [2.05, 4.69) is 55.3 Å². The Balaban J connectivity index is 1.37. The van der Waals surface area contributed by atoms with Crippen LogP contribution in [0.5, 0.6) is 0 Å². The van der Waals surface area contributed by atoms with Crippen LogP contribution in [0.1, 0.15) is 94.0 Å². The van der Waals surface area contributed by atoms with E-state index >= 15 is 0 Å². The second-order valence-electron chi connectivity index (χ2n) is 12.3. The molecule has 2 aliphatic rings. The molecule has 1 N–H and O–H groups in total. The molecule has 204 valence electrons. The summed E-state index contributed by atoms with van der Waals surface area (Å²) in [5.41, 5.74) is 3.18. The number of nitrogens with one attached hydrogen (secondary N) is 1. The van der Waals surface area contributed by atoms with Crippen molar-refractivity contribution in [3.63, 3.8) is 0 Å². The second kappa shape index (κ2) is 12.3. The van der Waals surface area contributed by atoms with Crippen molar-refractivity contribution in [3.05, 3.63) is 70.8 Å². The normalized spacial score (nSPS) is 19.7. The third-order valence-electron chi connectivity index (χ3n) is 8.70. The molecule has 2 aromatic carbocycles. The molecule has 5 heteroatoms. The predicted molar refractivity (Wildman–Crippen MR) is 147 cm³/mol. The van der Waals surface area contributed by atoms with Crippen molar-refractivity contribution in [2.45, 2.75) is 89.8 Å². The highest BCUT2D eigenvalue weighted by molar-refractivity contribution is 5.30. The minimum absolute atomic E-state index is 0.131. The van der Waals surface area contributed by atoms with Crippen LogP contribution in [0.4, 0.5) is 13.2 Å². The lowest BCUT2D eigenvalue weighted by atomic mass is 9.75. The number of piperidine rings is 1. The zero-order chi connectivity index (χ0) is 26.5. The van der Waals surface area contributed by atoms with E-state index in [1.54, 1.807) is 12.1 Å². The van der Waals surface area contributed by atoms with Gasteiger partial charge in [-0.15, -0.1) is 0 Å². The maximum Gasteiger partial charge on any atom is 0.416 e. The van der Waals surface area contributed by atoms with Gasteiger partial charge in [0, 0.05) is 12.6 Å². The maximum atomic E-state index is 12.9. The van der Waals surface area contributed by atoms with E-state index in [1.807, 2.05) is 0 Å². The van der Waals surface area contributed by atoms with Crippen LogP contribution >= 0.6 is 0 Å². The molecule has 1 saturated heterocycles. The lowest BCUT2D eigenvalue weighted by Gasteiger charge is -2.41. The van der Waals surface area contributed by atoms with Crippen LogP contribution in [0.3, 0.4) is 0 Å². The zero-order valence-corrected chi connectivity index (χ0v) is 22.9. The lowest BCUT2D eigenvalue weighted by Crippen LogP contribution is -2.42. The largest absolute Gasteiger partial charge is 0.416 e. The number of likely N-dealkylation sites (tertiary alicyclic amines) is 1. The summed E-state index contributed by atoms with van der Waals surface area (Å²) < 4.78 is 38.6. The van der Waals surface area contributed by atoms with E-state index in [0.717, 1.165) is 50.0 Å². The number of benzene rings is 2. The van der Waals surface area contributed by atoms with Crippen molar-refractivity contribution in [2.75, 3.05) is 26.2 Å². The van der Waals surface area contributed by atoms with Gasteiger partial charge in [0.15, 0.2) is 0 Å². The summed E-state index contributed by atoms with van der Waals surface area (Å²) in [5.74, 6) is 1.82. The summed E-state index contributed by atoms with van der Waals surface area (Å²) in [6.07, 6.45) is 6.13. The first-order chi connectivity index (χ1) is 17.6. The molecule has 37 heavy (non-hydrogen) atoms. The van der Waals surface area contributed by atoms with Crippen LogP contribution in [0.25, 0.3) is 0 Å². The van der Waals surface area contributed by atoms with Gasteiger partial charge in [-0.1, -0.05) is 89.3 Å². The molecule has 2 aromatic rings. The number of halogens is 3. The Kier molecular flexibility index (Phi) is 9.39. The molecule has 0 aromatic heterocycles. The molecule has 1 heterocycles. The number of hydrogen-bond acceptors (Lipinski definition) is 2. The van der Waals surface area contributed by atoms with E-state index in [-0.39, 0.29) is 5.41 Å². The molecule has 1 unspecified atom stereocenters. The number of alkyl halides is 3. The van der Waals surface area contributed by atoms with Crippen molar-refractivity contribution in [3.8, 4) is 0 Å². The number of rotatable bonds is 8. The lowest BCUT2D eigenvalue weighted by molar-refractivity contribution is -0.137. The van der Waals surface area contributed by atoms with Crippen LogP contribution in [0.2, 0.25) is 0 Å². The molecule has 0 amide bonds. The average molecular weight is 515 g/mol. The Bertz CT molecular complexity index is 946. The molecule has 1 saturated carbocycles. The third kappa shape index (κ3) is 7.83. The van der Waals surface area contributed by atoms with Crippen molar-refractivity contribution < 1.29 is 13.2 Å². The number of nitrogens with zero attached hydrogens (tertiary/aromatic N) is 1. The molecule has 1 atom stereocenters. The van der Waals surface area contributed by atoms with Gasteiger partial charge >= 0.3 is 6.18 Å². The summed E-state index contributed by atoms with van der Waals surface area (Å²) >= 11 is 0. The summed E-state index contributed by atoms with van der Waals surface area (Å²) in [6, 6.07) is 15.0. The Hall–Kier alpha value is -1.85. The highest BCUT2D eigenvalue weighted by Crippen LogP contribution is 2.37. The van der Waals surface area contributed by atoms with E-state index < -0.39 is 11.7 Å². The molecule has 1 aliphatic heterocycles. The van der Waals surface area contributed by atoms with Crippen LogP contribution in [0, 0.1) is 11.8 Å². The average Bonchev–Trinajstić information content (AvgIpc) is 2.89. The van der Waals surface area contributed by atoms with Gasteiger partial charge < -0.3 is 5.32 Å². The van der Waals surface area contributed by atoms with Gasteiger partial charge in [0.1, 0.15) is 0 Å². The van der Waals surface area contributed by atoms with Crippen LogP contribution < -0.4 is 5.32 Å². The van der Waals surface area contributed by atoms with E-state index in [0.29, 0.717) is 6.04 Å². The Morgan fingerprint density at radius 2 is 1.35 bits per heavy atom. The molecule has 0 spiro atoms. The monoisotopic (exact) mass is 514 g/mol. The van der Waals surface area contributed by atoms with Crippen LogP contribution in [-0.4, -0.2) is 31.1 Å². The summed E-state index contributed by atoms with van der Waals surface area (Å²) in [6.45, 7) is 10.6. The minimum atomic E-state index is -4.28. The van der Waals surface area contributed by atoms with Gasteiger partial charge in [-0.3, -0.25) is 4.90 Å².